The third-order valence-corrected chi connectivity index (χ3v) is 2.51. The SMILES string of the molecule is C/C(=C/Br)c1ccsc1. The fraction of sp³-hybridized carbons (Fsp3) is 0.143. The molecule has 0 saturated heterocycles. The number of rotatable bonds is 1. The molecule has 0 radical (unpaired) electrons. The van der Waals surface area contributed by atoms with E-state index < -0.39 is 0 Å². The van der Waals surface area contributed by atoms with Gasteiger partial charge in [-0.1, -0.05) is 15.9 Å². The largest absolute Gasteiger partial charge is 0.152 e. The van der Waals surface area contributed by atoms with Crippen LogP contribution in [0, 0.1) is 0 Å². The van der Waals surface area contributed by atoms with Gasteiger partial charge in [0.2, 0.25) is 0 Å². The first kappa shape index (κ1) is 7.03. The van der Waals surface area contributed by atoms with Crippen LogP contribution >= 0.6 is 27.3 Å². The van der Waals surface area contributed by atoms with E-state index in [1.165, 1.54) is 11.1 Å². The van der Waals surface area contributed by atoms with E-state index in [0.29, 0.717) is 0 Å². The van der Waals surface area contributed by atoms with Crippen molar-refractivity contribution in [2.45, 2.75) is 6.92 Å². The Hall–Kier alpha value is -0.0800. The molecule has 0 amide bonds. The molecule has 1 heterocycles. The predicted molar refractivity (Wildman–Crippen MR) is 46.9 cm³/mol. The Morgan fingerprint density at radius 2 is 2.56 bits per heavy atom. The van der Waals surface area contributed by atoms with Gasteiger partial charge >= 0.3 is 0 Å². The lowest BCUT2D eigenvalue weighted by Crippen LogP contribution is -1.67. The second-order valence-corrected chi connectivity index (χ2v) is 3.04. The second kappa shape index (κ2) is 3.18. The molecule has 1 aromatic heterocycles. The van der Waals surface area contributed by atoms with Crippen LogP contribution in [-0.4, -0.2) is 0 Å². The highest BCUT2D eigenvalue weighted by Crippen LogP contribution is 2.17. The number of allylic oxidation sites excluding steroid dienone is 1. The Morgan fingerprint density at radius 3 is 3.00 bits per heavy atom. The van der Waals surface area contributed by atoms with Crippen molar-refractivity contribution in [1.82, 2.24) is 0 Å². The third kappa shape index (κ3) is 1.66. The van der Waals surface area contributed by atoms with Gasteiger partial charge in [-0.3, -0.25) is 0 Å². The van der Waals surface area contributed by atoms with Gasteiger partial charge in [0.25, 0.3) is 0 Å². The molecule has 0 bridgehead atoms. The van der Waals surface area contributed by atoms with Gasteiger partial charge in [-0.2, -0.15) is 11.3 Å². The zero-order valence-corrected chi connectivity index (χ0v) is 7.50. The first-order valence-electron chi connectivity index (χ1n) is 2.64. The Balaban J connectivity index is 2.90. The lowest BCUT2D eigenvalue weighted by molar-refractivity contribution is 1.68. The van der Waals surface area contributed by atoms with Crippen molar-refractivity contribution in [1.29, 1.82) is 0 Å². The molecule has 0 unspecified atom stereocenters. The summed E-state index contributed by atoms with van der Waals surface area (Å²) in [5, 5.41) is 4.21. The Labute approximate surface area is 67.3 Å². The Bertz CT molecular complexity index is 199. The fourth-order valence-electron chi connectivity index (χ4n) is 0.552. The molecular formula is C7H7BrS. The standard InChI is InChI=1S/C7H7BrS/c1-6(4-8)7-2-3-9-5-7/h2-5H,1H3/b6-4-. The van der Waals surface area contributed by atoms with Gasteiger partial charge in [0.1, 0.15) is 0 Å². The molecule has 2 heteroatoms. The number of halogens is 1. The van der Waals surface area contributed by atoms with Gasteiger partial charge in [0.15, 0.2) is 0 Å². The van der Waals surface area contributed by atoms with Gasteiger partial charge in [-0.15, -0.1) is 0 Å². The summed E-state index contributed by atoms with van der Waals surface area (Å²) in [6.45, 7) is 2.08. The van der Waals surface area contributed by atoms with E-state index in [4.69, 9.17) is 0 Å². The molecule has 0 aromatic carbocycles. The van der Waals surface area contributed by atoms with Crippen LogP contribution in [0.5, 0.6) is 0 Å². The van der Waals surface area contributed by atoms with Crippen molar-refractivity contribution >= 4 is 32.8 Å². The van der Waals surface area contributed by atoms with Gasteiger partial charge in [-0.05, 0) is 39.9 Å². The second-order valence-electron chi connectivity index (χ2n) is 1.80. The zero-order chi connectivity index (χ0) is 6.69. The average molecular weight is 203 g/mol. The maximum atomic E-state index is 3.28. The minimum atomic E-state index is 1.27. The van der Waals surface area contributed by atoms with Crippen LogP contribution in [-0.2, 0) is 0 Å². The summed E-state index contributed by atoms with van der Waals surface area (Å²) in [5.41, 5.74) is 2.58. The molecule has 0 spiro atoms. The summed E-state index contributed by atoms with van der Waals surface area (Å²) in [6.07, 6.45) is 0. The smallest absolute Gasteiger partial charge is 0.00179 e. The number of hydrogen-bond donors (Lipinski definition) is 0. The van der Waals surface area contributed by atoms with Crippen LogP contribution in [0.1, 0.15) is 12.5 Å². The molecule has 1 rings (SSSR count). The van der Waals surface area contributed by atoms with E-state index in [1.807, 2.05) is 4.99 Å². The molecule has 0 aliphatic rings. The van der Waals surface area contributed by atoms with E-state index in [-0.39, 0.29) is 0 Å². The maximum absolute atomic E-state index is 3.28. The highest BCUT2D eigenvalue weighted by atomic mass is 79.9. The lowest BCUT2D eigenvalue weighted by Gasteiger charge is -1.89. The van der Waals surface area contributed by atoms with Crippen molar-refractivity contribution in [3.63, 3.8) is 0 Å². The Morgan fingerprint density at radius 1 is 1.78 bits per heavy atom. The summed E-state index contributed by atoms with van der Waals surface area (Å²) in [4.78, 5) is 1.94. The minimum absolute atomic E-state index is 1.27. The van der Waals surface area contributed by atoms with Crippen LogP contribution in [0.25, 0.3) is 5.57 Å². The molecule has 0 fully saturated rings. The van der Waals surface area contributed by atoms with Gasteiger partial charge < -0.3 is 0 Å². The Kier molecular flexibility index (Phi) is 2.49. The van der Waals surface area contributed by atoms with Crippen LogP contribution in [0.4, 0.5) is 0 Å². The molecular weight excluding hydrogens is 196 g/mol. The van der Waals surface area contributed by atoms with Crippen molar-refractivity contribution in [2.24, 2.45) is 0 Å². The summed E-state index contributed by atoms with van der Waals surface area (Å²) >= 11 is 5.00. The van der Waals surface area contributed by atoms with Gasteiger partial charge in [0, 0.05) is 0 Å². The van der Waals surface area contributed by atoms with Crippen molar-refractivity contribution < 1.29 is 0 Å². The topological polar surface area (TPSA) is 0 Å². The minimum Gasteiger partial charge on any atom is -0.152 e. The summed E-state index contributed by atoms with van der Waals surface area (Å²) in [6, 6.07) is 2.11. The predicted octanol–water partition coefficient (Wildman–Crippen LogP) is 3.50. The van der Waals surface area contributed by atoms with Crippen molar-refractivity contribution in [3.05, 3.63) is 27.4 Å². The van der Waals surface area contributed by atoms with Crippen LogP contribution < -0.4 is 0 Å². The van der Waals surface area contributed by atoms with Crippen LogP contribution in [0.2, 0.25) is 0 Å². The van der Waals surface area contributed by atoms with E-state index in [1.54, 1.807) is 11.3 Å². The maximum Gasteiger partial charge on any atom is -0.00179 e. The number of hydrogen-bond acceptors (Lipinski definition) is 1. The first-order valence-corrected chi connectivity index (χ1v) is 4.50. The lowest BCUT2D eigenvalue weighted by atomic mass is 10.2. The summed E-state index contributed by atoms with van der Waals surface area (Å²) < 4.78 is 0. The fourth-order valence-corrected chi connectivity index (χ4v) is 1.53. The molecule has 1 aromatic rings. The van der Waals surface area contributed by atoms with E-state index in [0.717, 1.165) is 0 Å². The molecule has 48 valence electrons. The molecule has 0 aliphatic heterocycles. The molecule has 0 atom stereocenters. The highest BCUT2D eigenvalue weighted by molar-refractivity contribution is 9.11. The van der Waals surface area contributed by atoms with Gasteiger partial charge in [0.05, 0.1) is 0 Å². The molecule has 0 saturated carbocycles. The summed E-state index contributed by atoms with van der Waals surface area (Å²) in [7, 11) is 0. The monoisotopic (exact) mass is 202 g/mol. The normalized spacial score (nSPS) is 12.0. The van der Waals surface area contributed by atoms with Crippen molar-refractivity contribution in [2.75, 3.05) is 0 Å². The van der Waals surface area contributed by atoms with E-state index in [2.05, 4.69) is 39.7 Å². The quantitative estimate of drug-likeness (QED) is 0.655. The molecule has 9 heavy (non-hydrogen) atoms. The van der Waals surface area contributed by atoms with Crippen LogP contribution in [0.15, 0.2) is 21.8 Å². The third-order valence-electron chi connectivity index (χ3n) is 1.14. The summed E-state index contributed by atoms with van der Waals surface area (Å²) in [5.74, 6) is 0. The van der Waals surface area contributed by atoms with Crippen molar-refractivity contribution in [3.8, 4) is 0 Å². The molecule has 0 nitrogen and oxygen atoms in total. The average Bonchev–Trinajstić information content (AvgIpc) is 2.37. The molecule has 0 aliphatic carbocycles. The van der Waals surface area contributed by atoms with Crippen LogP contribution in [0.3, 0.4) is 0 Å². The first-order chi connectivity index (χ1) is 4.34. The van der Waals surface area contributed by atoms with E-state index >= 15 is 0 Å². The van der Waals surface area contributed by atoms with Gasteiger partial charge in [-0.25, -0.2) is 0 Å². The molecule has 0 N–H and O–H groups in total. The highest BCUT2D eigenvalue weighted by Gasteiger charge is 1.91. The zero-order valence-electron chi connectivity index (χ0n) is 5.10. The van der Waals surface area contributed by atoms with E-state index in [9.17, 15) is 0 Å². The number of thiophene rings is 1.